The fourth-order valence-electron chi connectivity index (χ4n) is 3.49. The van der Waals surface area contributed by atoms with Gasteiger partial charge in [-0.1, -0.05) is 29.3 Å². The Morgan fingerprint density at radius 2 is 1.64 bits per heavy atom. The lowest BCUT2D eigenvalue weighted by Crippen LogP contribution is -2.40. The number of alkyl carbamates (subject to hydrolysis) is 1. The summed E-state index contributed by atoms with van der Waals surface area (Å²) in [5.41, 5.74) is 0.517. The first kappa shape index (κ1) is 37.6. The molecule has 0 spiro atoms. The van der Waals surface area contributed by atoms with Crippen molar-refractivity contribution in [3.8, 4) is 0 Å². The van der Waals surface area contributed by atoms with Gasteiger partial charge in [0.15, 0.2) is 0 Å². The number of esters is 1. The van der Waals surface area contributed by atoms with Gasteiger partial charge in [-0.15, -0.1) is 0 Å². The summed E-state index contributed by atoms with van der Waals surface area (Å²) in [7, 11) is 0. The van der Waals surface area contributed by atoms with Gasteiger partial charge < -0.3 is 25.4 Å². The predicted molar refractivity (Wildman–Crippen MR) is 163 cm³/mol. The van der Waals surface area contributed by atoms with Gasteiger partial charge in [0.25, 0.3) is 5.91 Å². The number of guanidine groups is 1. The number of rotatable bonds is 10. The van der Waals surface area contributed by atoms with Crippen LogP contribution in [0.2, 0.25) is 10.0 Å². The number of nitrogens with one attached hydrogen (secondary N) is 4. The Hall–Kier alpha value is -4.45. The average Bonchev–Trinajstić information content (AvgIpc) is 2.90. The van der Waals surface area contributed by atoms with Crippen molar-refractivity contribution in [1.29, 1.82) is 0 Å². The van der Waals surface area contributed by atoms with Crippen molar-refractivity contribution < 1.29 is 38.2 Å². The molecule has 4 N–H and O–H groups in total. The molecule has 44 heavy (non-hydrogen) atoms. The smallest absolute Gasteiger partial charge is 0.413 e. The number of halogens is 2. The second-order valence-electron chi connectivity index (χ2n) is 9.75. The maximum Gasteiger partial charge on any atom is 0.413 e. The average molecular weight is 653 g/mol. The Morgan fingerprint density at radius 3 is 2.20 bits per heavy atom. The van der Waals surface area contributed by atoms with Crippen molar-refractivity contribution in [1.82, 2.24) is 16.0 Å². The maximum absolute atomic E-state index is 12.8. The summed E-state index contributed by atoms with van der Waals surface area (Å²) in [5.74, 6) is -1.45. The third kappa shape index (κ3) is 15.1. The van der Waals surface area contributed by atoms with Gasteiger partial charge >= 0.3 is 18.2 Å². The van der Waals surface area contributed by atoms with E-state index in [9.17, 15) is 19.2 Å². The predicted octanol–water partition coefficient (Wildman–Crippen LogP) is 4.26. The van der Waals surface area contributed by atoms with Gasteiger partial charge in [0.2, 0.25) is 11.9 Å². The van der Waals surface area contributed by atoms with E-state index in [-0.39, 0.29) is 37.2 Å². The van der Waals surface area contributed by atoms with E-state index >= 15 is 0 Å². The molecule has 0 radical (unpaired) electrons. The van der Waals surface area contributed by atoms with Crippen LogP contribution in [0.5, 0.6) is 0 Å². The molecule has 0 aromatic heterocycles. The van der Waals surface area contributed by atoms with Crippen molar-refractivity contribution in [3.63, 3.8) is 0 Å². The van der Waals surface area contributed by atoms with Crippen molar-refractivity contribution in [2.75, 3.05) is 25.0 Å². The van der Waals surface area contributed by atoms with E-state index in [1.54, 1.807) is 65.0 Å². The third-order valence-electron chi connectivity index (χ3n) is 5.02. The van der Waals surface area contributed by atoms with Crippen molar-refractivity contribution >= 4 is 64.9 Å². The van der Waals surface area contributed by atoms with Crippen molar-refractivity contribution in [3.05, 3.63) is 63.6 Å². The molecule has 13 nitrogen and oxygen atoms in total. The molecule has 0 aliphatic heterocycles. The highest BCUT2D eigenvalue weighted by molar-refractivity contribution is 6.34. The second kappa shape index (κ2) is 19.0. The zero-order chi connectivity index (χ0) is 33.3. The topological polar surface area (TPSA) is 181 Å². The van der Waals surface area contributed by atoms with Crippen LogP contribution in [0.25, 0.3) is 0 Å². The van der Waals surface area contributed by atoms with Crippen LogP contribution in [0.3, 0.4) is 0 Å². The van der Waals surface area contributed by atoms with Crippen LogP contribution < -0.4 is 21.3 Å². The molecule has 0 aliphatic rings. The number of hydrogen-bond acceptors (Lipinski definition) is 9. The summed E-state index contributed by atoms with van der Waals surface area (Å²) < 4.78 is 10.3. The van der Waals surface area contributed by atoms with Crippen LogP contribution in [0, 0.1) is 0 Å². The van der Waals surface area contributed by atoms with E-state index in [1.807, 2.05) is 0 Å². The second-order valence-corrected chi connectivity index (χ2v) is 10.6. The molecule has 0 aliphatic carbocycles. The Morgan fingerprint density at radius 1 is 1.00 bits per heavy atom. The van der Waals surface area contributed by atoms with Crippen LogP contribution in [0.1, 0.15) is 63.0 Å². The van der Waals surface area contributed by atoms with Gasteiger partial charge in [0, 0.05) is 27.8 Å². The number of carbonyl (C=O) groups is 4. The Kier molecular flexibility index (Phi) is 16.2. The number of benzene rings is 2. The fraction of sp³-hybridized carbons (Fsp3) is 0.379. The summed E-state index contributed by atoms with van der Waals surface area (Å²) >= 11 is 12.3. The first-order valence-corrected chi connectivity index (χ1v) is 14.1. The van der Waals surface area contributed by atoms with E-state index in [4.69, 9.17) is 42.3 Å². The van der Waals surface area contributed by atoms with Gasteiger partial charge in [-0.3, -0.25) is 24.7 Å². The van der Waals surface area contributed by atoms with Gasteiger partial charge in [0.05, 0.1) is 25.6 Å². The molecule has 2 aromatic rings. The Balaban J connectivity index is 0.00000309. The lowest BCUT2D eigenvalue weighted by atomic mass is 10.0. The zero-order valence-corrected chi connectivity index (χ0v) is 26.4. The van der Waals surface area contributed by atoms with Crippen molar-refractivity contribution in [2.45, 2.75) is 52.7 Å². The number of hydrogen-bond donors (Lipinski definition) is 4. The number of anilines is 1. The highest BCUT2D eigenvalue weighted by Gasteiger charge is 2.24. The minimum Gasteiger partial charge on any atom is -0.460 e. The molecule has 1 atom stereocenters. The van der Waals surface area contributed by atoms with Gasteiger partial charge in [-0.25, -0.2) is 4.79 Å². The van der Waals surface area contributed by atoms with Gasteiger partial charge in [-0.2, -0.15) is 9.59 Å². The van der Waals surface area contributed by atoms with E-state index in [2.05, 4.69) is 26.3 Å². The molecular weight excluding hydrogens is 617 g/mol. The molecular formula is C29H35Cl2N5O8. The number of ether oxygens (including phenoxy) is 2. The molecule has 15 heteroatoms. The highest BCUT2D eigenvalue weighted by atomic mass is 35.5. The molecule has 0 heterocycles. The Bertz CT molecular complexity index is 1350. The molecule has 238 valence electrons. The molecule has 2 aromatic carbocycles. The SMILES string of the molecule is CCN=C(NC(=O)OCC)Nc1cccc(C(=O)NCC(=O)NC(CC(=O)OC(C)(C)C)c2cc(Cl)cc(Cl)c2)c1.O=C=O. The normalized spacial score (nSPS) is 11.5. The summed E-state index contributed by atoms with van der Waals surface area (Å²) in [6.07, 6.45) is -0.597. The van der Waals surface area contributed by atoms with E-state index in [0.29, 0.717) is 27.8 Å². The lowest BCUT2D eigenvalue weighted by molar-refractivity contribution is -0.191. The van der Waals surface area contributed by atoms with E-state index in [1.165, 1.54) is 12.1 Å². The quantitative estimate of drug-likeness (QED) is 0.166. The third-order valence-corrected chi connectivity index (χ3v) is 5.46. The van der Waals surface area contributed by atoms with Crippen molar-refractivity contribution in [2.24, 2.45) is 4.99 Å². The molecule has 3 amide bonds. The first-order chi connectivity index (χ1) is 20.7. The molecule has 2 rings (SSSR count). The van der Waals surface area contributed by atoms with E-state index < -0.39 is 35.5 Å². The number of aliphatic imine (C=N–C) groups is 1. The molecule has 0 bridgehead atoms. The van der Waals surface area contributed by atoms with Crippen LogP contribution in [0.15, 0.2) is 47.5 Å². The van der Waals surface area contributed by atoms with E-state index in [0.717, 1.165) is 0 Å². The standard InChI is InChI=1S/C28H35Cl2N5O6.CO2/c1-6-31-26(35-27(39)40-7-2)33-21-10-8-9-17(13-21)25(38)32-16-23(36)34-22(15-24(37)41-28(3,4)5)18-11-19(29)14-20(30)12-18;2-1-3/h8-14,22H,6-7,15-16H2,1-5H3,(H,32,38)(H,34,36)(H2,31,33,35,39);. The van der Waals surface area contributed by atoms with Crippen LogP contribution in [-0.4, -0.2) is 61.3 Å². The van der Waals surface area contributed by atoms with Gasteiger partial charge in [-0.05, 0) is 76.6 Å². The van der Waals surface area contributed by atoms with Crippen LogP contribution in [-0.2, 0) is 28.7 Å². The summed E-state index contributed by atoms with van der Waals surface area (Å²) in [5, 5.41) is 11.4. The fourth-order valence-corrected chi connectivity index (χ4v) is 4.04. The number of amides is 3. The molecule has 1 unspecified atom stereocenters. The van der Waals surface area contributed by atoms with Crippen LogP contribution in [0.4, 0.5) is 10.5 Å². The lowest BCUT2D eigenvalue weighted by Gasteiger charge is -2.23. The number of carbonyl (C=O) groups excluding carboxylic acids is 6. The molecule has 0 fully saturated rings. The first-order valence-electron chi connectivity index (χ1n) is 13.3. The molecule has 0 saturated heterocycles. The monoisotopic (exact) mass is 651 g/mol. The minimum absolute atomic E-state index is 0.153. The van der Waals surface area contributed by atoms with Crippen LogP contribution >= 0.6 is 23.2 Å². The summed E-state index contributed by atoms with van der Waals surface area (Å²) in [6.45, 7) is 8.91. The summed E-state index contributed by atoms with van der Waals surface area (Å²) in [4.78, 5) is 70.3. The van der Waals surface area contributed by atoms with Gasteiger partial charge in [0.1, 0.15) is 5.60 Å². The maximum atomic E-state index is 12.8. The highest BCUT2D eigenvalue weighted by Crippen LogP contribution is 2.26. The summed E-state index contributed by atoms with van der Waals surface area (Å²) in [6, 6.07) is 10.3. The zero-order valence-electron chi connectivity index (χ0n) is 24.9. The largest absolute Gasteiger partial charge is 0.460 e. The minimum atomic E-state index is -0.804. The Labute approximate surface area is 265 Å². The molecule has 0 saturated carbocycles. The number of nitrogens with zero attached hydrogens (tertiary/aromatic N) is 1.